The molecule has 2 aromatic rings. The molecule has 0 aliphatic carbocycles. The van der Waals surface area contributed by atoms with E-state index in [0.717, 1.165) is 12.1 Å². The molecule has 0 aliphatic heterocycles. The van der Waals surface area contributed by atoms with Gasteiger partial charge in [-0.2, -0.15) is 18.4 Å². The molecule has 7 heteroatoms. The Morgan fingerprint density at radius 2 is 1.92 bits per heavy atom. The smallest absolute Gasteiger partial charge is 0.433 e. The summed E-state index contributed by atoms with van der Waals surface area (Å²) in [6.07, 6.45) is -3.94. The van der Waals surface area contributed by atoms with Gasteiger partial charge in [0.1, 0.15) is 23.3 Å². The van der Waals surface area contributed by atoms with E-state index in [9.17, 15) is 23.5 Å². The number of nitrogens with zero attached hydrogens (tertiary/aromatic N) is 3. The van der Waals surface area contributed by atoms with E-state index in [-0.39, 0.29) is 23.7 Å². The van der Waals surface area contributed by atoms with Gasteiger partial charge in [0, 0.05) is 18.7 Å². The monoisotopic (exact) mass is 335 g/mol. The summed E-state index contributed by atoms with van der Waals surface area (Å²) in [6.45, 7) is 2.43. The third-order valence-electron chi connectivity index (χ3n) is 3.43. The van der Waals surface area contributed by atoms with Crippen LogP contribution in [0.2, 0.25) is 0 Å². The predicted molar refractivity (Wildman–Crippen MR) is 83.4 cm³/mol. The van der Waals surface area contributed by atoms with Crippen LogP contribution in [0.25, 0.3) is 0 Å². The number of anilines is 1. The number of phenolic OH excluding ortho intramolecular Hbond substituents is 1. The van der Waals surface area contributed by atoms with Gasteiger partial charge in [-0.3, -0.25) is 0 Å². The van der Waals surface area contributed by atoms with Crippen molar-refractivity contribution in [3.8, 4) is 11.8 Å². The van der Waals surface area contributed by atoms with Crippen LogP contribution in [-0.2, 0) is 12.7 Å². The standard InChI is InChI=1S/C17H16F3N3O/c1-2-9-23(11-13-5-3-4-6-14(13)24)16-12(10-21)7-8-15(22-16)17(18,19)20/h3-8,24H,2,9,11H2,1H3. The number of aromatic hydroxyl groups is 1. The molecule has 0 atom stereocenters. The number of hydrogen-bond acceptors (Lipinski definition) is 4. The molecule has 1 N–H and O–H groups in total. The lowest BCUT2D eigenvalue weighted by molar-refractivity contribution is -0.141. The highest BCUT2D eigenvalue weighted by atomic mass is 19.4. The Labute approximate surface area is 137 Å². The lowest BCUT2D eigenvalue weighted by atomic mass is 10.1. The lowest BCUT2D eigenvalue weighted by Gasteiger charge is -2.25. The molecule has 1 aromatic carbocycles. The maximum atomic E-state index is 12.9. The summed E-state index contributed by atoms with van der Waals surface area (Å²) in [6, 6.07) is 10.4. The maximum absolute atomic E-state index is 12.9. The number of hydrogen-bond donors (Lipinski definition) is 1. The fourth-order valence-corrected chi connectivity index (χ4v) is 2.31. The van der Waals surface area contributed by atoms with Crippen molar-refractivity contribution in [3.05, 3.63) is 53.2 Å². The number of aromatic nitrogens is 1. The number of pyridine rings is 1. The molecule has 0 fully saturated rings. The van der Waals surface area contributed by atoms with Crippen LogP contribution in [0, 0.1) is 11.3 Å². The molecule has 0 aliphatic rings. The number of para-hydroxylation sites is 1. The molecule has 1 aromatic heterocycles. The highest BCUT2D eigenvalue weighted by Crippen LogP contribution is 2.31. The van der Waals surface area contributed by atoms with Gasteiger partial charge in [0.2, 0.25) is 0 Å². The Morgan fingerprint density at radius 3 is 2.50 bits per heavy atom. The van der Waals surface area contributed by atoms with Crippen LogP contribution in [0.1, 0.15) is 30.2 Å². The van der Waals surface area contributed by atoms with Crippen molar-refractivity contribution in [2.75, 3.05) is 11.4 Å². The third-order valence-corrected chi connectivity index (χ3v) is 3.43. The minimum Gasteiger partial charge on any atom is -0.508 e. The fraction of sp³-hybridized carbons (Fsp3) is 0.294. The first-order valence-electron chi connectivity index (χ1n) is 7.37. The van der Waals surface area contributed by atoms with E-state index >= 15 is 0 Å². The van der Waals surface area contributed by atoms with E-state index in [1.54, 1.807) is 23.1 Å². The highest BCUT2D eigenvalue weighted by Gasteiger charge is 2.33. The summed E-state index contributed by atoms with van der Waals surface area (Å²) >= 11 is 0. The molecule has 0 unspecified atom stereocenters. The van der Waals surface area contributed by atoms with Crippen molar-refractivity contribution >= 4 is 5.82 Å². The number of rotatable bonds is 5. The van der Waals surface area contributed by atoms with Crippen LogP contribution >= 0.6 is 0 Å². The van der Waals surface area contributed by atoms with Gasteiger partial charge in [0.25, 0.3) is 0 Å². The molecule has 0 saturated carbocycles. The van der Waals surface area contributed by atoms with Gasteiger partial charge in [-0.05, 0) is 24.6 Å². The molecule has 0 saturated heterocycles. The number of alkyl halides is 3. The zero-order valence-corrected chi connectivity index (χ0v) is 13.0. The van der Waals surface area contributed by atoms with Crippen molar-refractivity contribution in [1.29, 1.82) is 5.26 Å². The van der Waals surface area contributed by atoms with E-state index in [1.807, 2.05) is 13.0 Å². The second-order valence-electron chi connectivity index (χ2n) is 5.23. The van der Waals surface area contributed by atoms with Crippen LogP contribution in [-0.4, -0.2) is 16.6 Å². The van der Waals surface area contributed by atoms with Gasteiger partial charge < -0.3 is 10.0 Å². The normalized spacial score (nSPS) is 11.1. The Balaban J connectivity index is 2.47. The van der Waals surface area contributed by atoms with Crippen LogP contribution in [0.15, 0.2) is 36.4 Å². The van der Waals surface area contributed by atoms with Crippen LogP contribution in [0.3, 0.4) is 0 Å². The molecular weight excluding hydrogens is 319 g/mol. The van der Waals surface area contributed by atoms with Crippen molar-refractivity contribution < 1.29 is 18.3 Å². The van der Waals surface area contributed by atoms with Crippen molar-refractivity contribution in [2.45, 2.75) is 26.1 Å². The fourth-order valence-electron chi connectivity index (χ4n) is 2.31. The summed E-state index contributed by atoms with van der Waals surface area (Å²) < 4.78 is 38.8. The van der Waals surface area contributed by atoms with Gasteiger partial charge >= 0.3 is 6.18 Å². The molecule has 4 nitrogen and oxygen atoms in total. The minimum atomic E-state index is -4.59. The Hall–Kier alpha value is -2.75. The molecule has 126 valence electrons. The average molecular weight is 335 g/mol. The van der Waals surface area contributed by atoms with E-state index in [4.69, 9.17) is 0 Å². The van der Waals surface area contributed by atoms with Crippen LogP contribution < -0.4 is 4.90 Å². The third kappa shape index (κ3) is 3.96. The molecule has 1 heterocycles. The summed E-state index contributed by atoms with van der Waals surface area (Å²) in [4.78, 5) is 5.23. The number of halogens is 3. The van der Waals surface area contributed by atoms with E-state index < -0.39 is 11.9 Å². The topological polar surface area (TPSA) is 60.1 Å². The minimum absolute atomic E-state index is 0.0302. The number of nitriles is 1. The molecule has 24 heavy (non-hydrogen) atoms. The second kappa shape index (κ2) is 7.21. The highest BCUT2D eigenvalue weighted by molar-refractivity contribution is 5.55. The summed E-state index contributed by atoms with van der Waals surface area (Å²) in [5, 5.41) is 19.1. The zero-order valence-electron chi connectivity index (χ0n) is 13.0. The zero-order chi connectivity index (χ0) is 17.7. The van der Waals surface area contributed by atoms with Crippen molar-refractivity contribution in [2.24, 2.45) is 0 Å². The van der Waals surface area contributed by atoms with E-state index in [1.165, 1.54) is 6.07 Å². The Morgan fingerprint density at radius 1 is 1.21 bits per heavy atom. The second-order valence-corrected chi connectivity index (χ2v) is 5.23. The largest absolute Gasteiger partial charge is 0.508 e. The van der Waals surface area contributed by atoms with Gasteiger partial charge in [0.15, 0.2) is 0 Å². The average Bonchev–Trinajstić information content (AvgIpc) is 2.55. The van der Waals surface area contributed by atoms with Gasteiger partial charge in [0.05, 0.1) is 5.56 Å². The first-order valence-corrected chi connectivity index (χ1v) is 7.37. The van der Waals surface area contributed by atoms with Gasteiger partial charge in [-0.15, -0.1) is 0 Å². The first-order chi connectivity index (χ1) is 11.4. The van der Waals surface area contributed by atoms with Crippen molar-refractivity contribution in [1.82, 2.24) is 4.98 Å². The Kier molecular flexibility index (Phi) is 5.29. The van der Waals surface area contributed by atoms with Crippen LogP contribution in [0.5, 0.6) is 5.75 Å². The Bertz CT molecular complexity index is 753. The SMILES string of the molecule is CCCN(Cc1ccccc1O)c1nc(C(F)(F)F)ccc1C#N. The van der Waals surface area contributed by atoms with E-state index in [0.29, 0.717) is 18.5 Å². The molecule has 0 bridgehead atoms. The lowest BCUT2D eigenvalue weighted by Crippen LogP contribution is -2.26. The summed E-state index contributed by atoms with van der Waals surface area (Å²) in [5.41, 5.74) is -0.434. The molecule has 0 amide bonds. The number of phenols is 1. The van der Waals surface area contributed by atoms with Crippen LogP contribution in [0.4, 0.5) is 19.0 Å². The first kappa shape index (κ1) is 17.6. The summed E-state index contributed by atoms with van der Waals surface area (Å²) in [7, 11) is 0. The predicted octanol–water partition coefficient (Wildman–Crippen LogP) is 4.09. The van der Waals surface area contributed by atoms with Gasteiger partial charge in [-0.25, -0.2) is 4.98 Å². The quantitative estimate of drug-likeness (QED) is 0.894. The molecule has 0 spiro atoms. The van der Waals surface area contributed by atoms with Gasteiger partial charge in [-0.1, -0.05) is 25.1 Å². The number of benzene rings is 1. The molecule has 2 rings (SSSR count). The molecular formula is C17H16F3N3O. The van der Waals surface area contributed by atoms with Crippen molar-refractivity contribution in [3.63, 3.8) is 0 Å². The molecule has 0 radical (unpaired) electrons. The maximum Gasteiger partial charge on any atom is 0.433 e. The summed E-state index contributed by atoms with van der Waals surface area (Å²) in [5.74, 6) is 0.0153. The van der Waals surface area contributed by atoms with E-state index in [2.05, 4.69) is 4.98 Å².